The summed E-state index contributed by atoms with van der Waals surface area (Å²) in [6, 6.07) is 0. The van der Waals surface area contributed by atoms with Crippen LogP contribution in [-0.4, -0.2) is 17.9 Å². The second-order valence-corrected chi connectivity index (χ2v) is 3.23. The van der Waals surface area contributed by atoms with Gasteiger partial charge >= 0.3 is 0 Å². The quantitative estimate of drug-likeness (QED) is 0.369. The molecule has 13 heavy (non-hydrogen) atoms. The molecule has 0 radical (unpaired) electrons. The lowest BCUT2D eigenvalue weighted by molar-refractivity contribution is -0.136. The van der Waals surface area contributed by atoms with Crippen LogP contribution in [0.4, 0.5) is 0 Å². The zero-order chi connectivity index (χ0) is 9.84. The maximum atomic E-state index is 11.3. The molecule has 1 aliphatic carbocycles. The third-order valence-corrected chi connectivity index (χ3v) is 2.46. The van der Waals surface area contributed by atoms with E-state index in [4.69, 9.17) is 0 Å². The average Bonchev–Trinajstić information content (AvgIpc) is 2.16. The zero-order valence-corrected chi connectivity index (χ0v) is 7.36. The smallest absolute Gasteiger partial charge is 0.159 e. The Labute approximate surface area is 76.8 Å². The molecule has 0 amide bonds. The lowest BCUT2D eigenvalue weighted by Gasteiger charge is -2.23. The first-order valence-electron chi connectivity index (χ1n) is 4.35. The van der Waals surface area contributed by atoms with Crippen molar-refractivity contribution in [3.05, 3.63) is 12.7 Å². The second-order valence-electron chi connectivity index (χ2n) is 3.23. The van der Waals surface area contributed by atoms with Crippen molar-refractivity contribution in [1.29, 1.82) is 0 Å². The molecule has 0 saturated heterocycles. The van der Waals surface area contributed by atoms with Gasteiger partial charge in [0.25, 0.3) is 0 Å². The minimum atomic E-state index is -0.723. The number of Topliss-reactive ketones (excluding diaryl/α,β-unsaturated/α-hetero) is 1. The first kappa shape index (κ1) is 9.84. The number of rotatable bonds is 3. The fourth-order valence-electron chi connectivity index (χ4n) is 1.71. The van der Waals surface area contributed by atoms with Crippen molar-refractivity contribution in [1.82, 2.24) is 0 Å². The van der Waals surface area contributed by atoms with Crippen LogP contribution in [0.2, 0.25) is 0 Å². The molecule has 3 nitrogen and oxygen atoms in total. The normalized spacial score (nSPS) is 28.2. The molecule has 2 unspecified atom stereocenters. The van der Waals surface area contributed by atoms with Crippen molar-refractivity contribution in [2.75, 3.05) is 0 Å². The van der Waals surface area contributed by atoms with Crippen molar-refractivity contribution in [2.24, 2.45) is 11.8 Å². The maximum absolute atomic E-state index is 11.3. The van der Waals surface area contributed by atoms with Gasteiger partial charge in [0, 0.05) is 12.3 Å². The third kappa shape index (κ3) is 1.91. The lowest BCUT2D eigenvalue weighted by Crippen LogP contribution is -2.33. The Morgan fingerprint density at radius 3 is 2.77 bits per heavy atom. The van der Waals surface area contributed by atoms with E-state index in [2.05, 4.69) is 6.58 Å². The molecule has 1 saturated carbocycles. The summed E-state index contributed by atoms with van der Waals surface area (Å²) in [4.78, 5) is 33.1. The highest BCUT2D eigenvalue weighted by atomic mass is 16.1. The molecule has 0 heterocycles. The fraction of sp³-hybridized carbons (Fsp3) is 0.500. The Bertz CT molecular complexity index is 255. The fourth-order valence-corrected chi connectivity index (χ4v) is 1.71. The van der Waals surface area contributed by atoms with Crippen LogP contribution in [0.25, 0.3) is 0 Å². The highest BCUT2D eigenvalue weighted by Crippen LogP contribution is 2.26. The van der Waals surface area contributed by atoms with Gasteiger partial charge < -0.3 is 4.79 Å². The Morgan fingerprint density at radius 1 is 1.54 bits per heavy atom. The minimum Gasteiger partial charge on any atom is -0.303 e. The molecule has 1 fully saturated rings. The highest BCUT2D eigenvalue weighted by Gasteiger charge is 2.34. The standard InChI is InChI=1S/C10H12O3/c1-2-9(12)7-4-3-5-10(13)8(7)6-11/h2,6-8H,1,3-5H2. The number of ketones is 2. The largest absolute Gasteiger partial charge is 0.303 e. The third-order valence-electron chi connectivity index (χ3n) is 2.46. The van der Waals surface area contributed by atoms with Crippen LogP contribution in [0.5, 0.6) is 0 Å². The molecule has 0 aromatic rings. The van der Waals surface area contributed by atoms with E-state index in [1.54, 1.807) is 0 Å². The first-order chi connectivity index (χ1) is 6.20. The van der Waals surface area contributed by atoms with Crippen molar-refractivity contribution in [2.45, 2.75) is 19.3 Å². The summed E-state index contributed by atoms with van der Waals surface area (Å²) in [7, 11) is 0. The van der Waals surface area contributed by atoms with E-state index in [1.807, 2.05) is 0 Å². The average molecular weight is 180 g/mol. The van der Waals surface area contributed by atoms with E-state index < -0.39 is 11.8 Å². The molecule has 2 atom stereocenters. The molecule has 0 aromatic carbocycles. The summed E-state index contributed by atoms with van der Waals surface area (Å²) in [6.07, 6.45) is 3.53. The number of carbonyl (C=O) groups excluding carboxylic acids is 3. The van der Waals surface area contributed by atoms with Gasteiger partial charge in [0.05, 0.1) is 5.92 Å². The van der Waals surface area contributed by atoms with Gasteiger partial charge in [0.1, 0.15) is 12.1 Å². The lowest BCUT2D eigenvalue weighted by atomic mass is 9.77. The molecule has 0 spiro atoms. The summed E-state index contributed by atoms with van der Waals surface area (Å²) in [5.41, 5.74) is 0. The molecule has 1 rings (SSSR count). The van der Waals surface area contributed by atoms with Gasteiger partial charge in [-0.2, -0.15) is 0 Å². The van der Waals surface area contributed by atoms with Gasteiger partial charge in [-0.3, -0.25) is 9.59 Å². The molecular weight excluding hydrogens is 168 g/mol. The van der Waals surface area contributed by atoms with Crippen molar-refractivity contribution < 1.29 is 14.4 Å². The van der Waals surface area contributed by atoms with Crippen molar-refractivity contribution in [3.8, 4) is 0 Å². The summed E-state index contributed by atoms with van der Waals surface area (Å²) >= 11 is 0. The molecule has 0 N–H and O–H groups in total. The van der Waals surface area contributed by atoms with Crippen LogP contribution < -0.4 is 0 Å². The molecule has 3 heteroatoms. The van der Waals surface area contributed by atoms with E-state index in [0.29, 0.717) is 25.5 Å². The molecule has 70 valence electrons. The minimum absolute atomic E-state index is 0.110. The van der Waals surface area contributed by atoms with Crippen LogP contribution in [0.15, 0.2) is 12.7 Å². The van der Waals surface area contributed by atoms with Crippen molar-refractivity contribution >= 4 is 17.9 Å². The Kier molecular flexibility index (Phi) is 3.12. The van der Waals surface area contributed by atoms with E-state index in [-0.39, 0.29) is 11.6 Å². The van der Waals surface area contributed by atoms with Gasteiger partial charge in [-0.1, -0.05) is 6.58 Å². The summed E-state index contributed by atoms with van der Waals surface area (Å²) in [5, 5.41) is 0. The van der Waals surface area contributed by atoms with Gasteiger partial charge in [-0.15, -0.1) is 0 Å². The molecule has 0 aromatic heterocycles. The van der Waals surface area contributed by atoms with Crippen LogP contribution in [-0.2, 0) is 14.4 Å². The van der Waals surface area contributed by atoms with Gasteiger partial charge in [-0.05, 0) is 18.9 Å². The Hall–Kier alpha value is -1.25. The highest BCUT2D eigenvalue weighted by molar-refractivity contribution is 6.02. The molecule has 1 aliphatic rings. The van der Waals surface area contributed by atoms with E-state index in [9.17, 15) is 14.4 Å². The molecular formula is C10H12O3. The Balaban J connectivity index is 2.81. The number of hydrogen-bond donors (Lipinski definition) is 0. The van der Waals surface area contributed by atoms with Crippen LogP contribution in [0.1, 0.15) is 19.3 Å². The van der Waals surface area contributed by atoms with Gasteiger partial charge in [-0.25, -0.2) is 0 Å². The maximum Gasteiger partial charge on any atom is 0.159 e. The number of carbonyl (C=O) groups is 3. The van der Waals surface area contributed by atoms with E-state index >= 15 is 0 Å². The predicted molar refractivity (Wildman–Crippen MR) is 47.1 cm³/mol. The first-order valence-corrected chi connectivity index (χ1v) is 4.35. The van der Waals surface area contributed by atoms with Gasteiger partial charge in [0.2, 0.25) is 0 Å². The monoisotopic (exact) mass is 180 g/mol. The zero-order valence-electron chi connectivity index (χ0n) is 7.36. The van der Waals surface area contributed by atoms with Crippen LogP contribution >= 0.6 is 0 Å². The SMILES string of the molecule is C=CC(=O)C1CCCC(=O)C1C=O. The summed E-state index contributed by atoms with van der Waals surface area (Å²) in [5.74, 6) is -1.47. The van der Waals surface area contributed by atoms with Crippen LogP contribution in [0.3, 0.4) is 0 Å². The van der Waals surface area contributed by atoms with Gasteiger partial charge in [0.15, 0.2) is 5.78 Å². The van der Waals surface area contributed by atoms with E-state index in [0.717, 1.165) is 0 Å². The second kappa shape index (κ2) is 4.12. The van der Waals surface area contributed by atoms with Crippen molar-refractivity contribution in [3.63, 3.8) is 0 Å². The van der Waals surface area contributed by atoms with Crippen LogP contribution in [0, 0.1) is 11.8 Å². The van der Waals surface area contributed by atoms with E-state index in [1.165, 1.54) is 6.08 Å². The number of hydrogen-bond acceptors (Lipinski definition) is 3. The summed E-state index contributed by atoms with van der Waals surface area (Å²) in [6.45, 7) is 3.35. The Morgan fingerprint density at radius 2 is 2.23 bits per heavy atom. The molecule has 0 bridgehead atoms. The number of allylic oxidation sites excluding steroid dienone is 1. The summed E-state index contributed by atoms with van der Waals surface area (Å²) < 4.78 is 0. The topological polar surface area (TPSA) is 51.2 Å². The molecule has 0 aliphatic heterocycles. The predicted octanol–water partition coefficient (Wildman–Crippen LogP) is 0.926. The number of aldehydes is 1.